The maximum atomic E-state index is 13.2. The summed E-state index contributed by atoms with van der Waals surface area (Å²) in [6.45, 7) is 6.46. The van der Waals surface area contributed by atoms with Crippen LogP contribution in [0.5, 0.6) is 5.75 Å². The molecule has 2 aromatic rings. The molecule has 2 aliphatic rings. The molecule has 10 nitrogen and oxygen atoms in total. The molecular formula is C24H27F6N3O7S. The lowest BCUT2D eigenvalue weighted by Gasteiger charge is -2.33. The molecule has 1 unspecified atom stereocenters. The molecule has 0 amide bonds. The van der Waals surface area contributed by atoms with Gasteiger partial charge in [-0.05, 0) is 38.1 Å². The number of aliphatic carboxylic acids is 2. The van der Waals surface area contributed by atoms with Crippen molar-refractivity contribution in [3.63, 3.8) is 0 Å². The molecule has 3 heterocycles. The molecule has 1 spiro atoms. The number of hydrogen-bond donors (Lipinski definition) is 2. The summed E-state index contributed by atoms with van der Waals surface area (Å²) in [5.41, 5.74) is 0.468. The maximum Gasteiger partial charge on any atom is 0.490 e. The Morgan fingerprint density at radius 3 is 2.00 bits per heavy atom. The summed E-state index contributed by atoms with van der Waals surface area (Å²) in [6.07, 6.45) is -7.58. The van der Waals surface area contributed by atoms with Gasteiger partial charge in [0, 0.05) is 38.3 Å². The molecule has 41 heavy (non-hydrogen) atoms. The van der Waals surface area contributed by atoms with Gasteiger partial charge in [0.2, 0.25) is 10.0 Å². The van der Waals surface area contributed by atoms with E-state index in [1.807, 2.05) is 38.1 Å². The number of carboxylic acids is 2. The van der Waals surface area contributed by atoms with Crippen LogP contribution in [0.2, 0.25) is 0 Å². The Hall–Kier alpha value is -3.44. The molecule has 4 rings (SSSR count). The minimum absolute atomic E-state index is 0.133. The largest absolute Gasteiger partial charge is 0.490 e. The van der Waals surface area contributed by atoms with Gasteiger partial charge in [0.1, 0.15) is 16.2 Å². The van der Waals surface area contributed by atoms with Gasteiger partial charge < -0.3 is 14.9 Å². The fraction of sp³-hybridized carbons (Fsp3) is 0.458. The van der Waals surface area contributed by atoms with Crippen LogP contribution in [0.4, 0.5) is 26.3 Å². The van der Waals surface area contributed by atoms with Crippen molar-refractivity contribution in [3.05, 3.63) is 54.4 Å². The third-order valence-electron chi connectivity index (χ3n) is 5.77. The number of nitrogens with zero attached hydrogens (tertiary/aromatic N) is 3. The molecule has 2 aliphatic heterocycles. The minimum atomic E-state index is -5.08. The second-order valence-electron chi connectivity index (χ2n) is 9.26. The lowest BCUT2D eigenvalue weighted by atomic mass is 10.0. The number of halogens is 6. The first kappa shape index (κ1) is 33.8. The van der Waals surface area contributed by atoms with Crippen LogP contribution in [0.25, 0.3) is 0 Å². The first-order valence-corrected chi connectivity index (χ1v) is 13.2. The maximum absolute atomic E-state index is 13.2. The Morgan fingerprint density at radius 2 is 1.51 bits per heavy atom. The van der Waals surface area contributed by atoms with Crippen molar-refractivity contribution >= 4 is 22.0 Å². The lowest BCUT2D eigenvalue weighted by molar-refractivity contribution is -0.193. The van der Waals surface area contributed by atoms with Crippen LogP contribution in [0.15, 0.2) is 53.6 Å². The van der Waals surface area contributed by atoms with Crippen molar-refractivity contribution in [2.24, 2.45) is 0 Å². The van der Waals surface area contributed by atoms with E-state index in [4.69, 9.17) is 24.5 Å². The van der Waals surface area contributed by atoms with Crippen molar-refractivity contribution < 1.29 is 59.3 Å². The topological polar surface area (TPSA) is 137 Å². The lowest BCUT2D eigenvalue weighted by Crippen LogP contribution is -2.51. The zero-order valence-corrected chi connectivity index (χ0v) is 22.5. The van der Waals surface area contributed by atoms with E-state index < -0.39 is 39.9 Å². The van der Waals surface area contributed by atoms with E-state index in [1.165, 1.54) is 0 Å². The molecule has 0 radical (unpaired) electrons. The van der Waals surface area contributed by atoms with Crippen LogP contribution in [0, 0.1) is 0 Å². The van der Waals surface area contributed by atoms with E-state index in [2.05, 4.69) is 9.88 Å². The van der Waals surface area contributed by atoms with Crippen LogP contribution >= 0.6 is 0 Å². The summed E-state index contributed by atoms with van der Waals surface area (Å²) in [7, 11) is -3.58. The summed E-state index contributed by atoms with van der Waals surface area (Å²) in [6, 6.07) is 12.8. The Kier molecular flexibility index (Phi) is 10.7. The highest BCUT2D eigenvalue weighted by Crippen LogP contribution is 2.39. The predicted molar refractivity (Wildman–Crippen MR) is 130 cm³/mol. The molecule has 1 fully saturated rings. The molecule has 1 atom stereocenters. The average Bonchev–Trinajstić information content (AvgIpc) is 3.20. The second kappa shape index (κ2) is 13.0. The van der Waals surface area contributed by atoms with Gasteiger partial charge in [0.05, 0.1) is 12.2 Å². The zero-order chi connectivity index (χ0) is 31.2. The van der Waals surface area contributed by atoms with E-state index in [0.29, 0.717) is 18.8 Å². The highest BCUT2D eigenvalue weighted by Gasteiger charge is 2.48. The third-order valence-corrected chi connectivity index (χ3v) is 7.84. The number of para-hydroxylation sites is 1. The van der Waals surface area contributed by atoms with Gasteiger partial charge in [-0.2, -0.15) is 30.6 Å². The number of benzene rings is 1. The Bertz CT molecular complexity index is 1280. The average molecular weight is 616 g/mol. The number of carbonyl (C=O) groups is 2. The van der Waals surface area contributed by atoms with Crippen LogP contribution in [0.1, 0.15) is 26.0 Å². The van der Waals surface area contributed by atoms with Gasteiger partial charge in [0.15, 0.2) is 0 Å². The molecule has 17 heteroatoms. The Morgan fingerprint density at radius 1 is 0.976 bits per heavy atom. The number of carboxylic acid groups (broad SMARTS) is 2. The van der Waals surface area contributed by atoms with Gasteiger partial charge in [-0.15, -0.1) is 0 Å². The SMILES string of the molecule is CC(C)N1CC2(CCN(Cc3ccccn3)C2)Oc2ccccc2S1(=O)=O.O=C(O)C(F)(F)F.O=C(O)C(F)(F)F. The second-order valence-corrected chi connectivity index (χ2v) is 11.1. The normalized spacial score (nSPS) is 20.5. The molecule has 1 aromatic carbocycles. The number of sulfonamides is 1. The highest BCUT2D eigenvalue weighted by atomic mass is 32.2. The number of rotatable bonds is 3. The molecular weight excluding hydrogens is 588 g/mol. The fourth-order valence-corrected chi connectivity index (χ4v) is 5.79. The summed E-state index contributed by atoms with van der Waals surface area (Å²) >= 11 is 0. The quantitative estimate of drug-likeness (QED) is 0.494. The van der Waals surface area contributed by atoms with Gasteiger partial charge in [-0.25, -0.2) is 18.0 Å². The van der Waals surface area contributed by atoms with Crippen LogP contribution < -0.4 is 4.74 Å². The number of hydrogen-bond acceptors (Lipinski definition) is 7. The molecule has 2 N–H and O–H groups in total. The first-order valence-electron chi connectivity index (χ1n) is 11.8. The number of pyridine rings is 1. The molecule has 228 valence electrons. The number of likely N-dealkylation sites (tertiary alicyclic amines) is 1. The van der Waals surface area contributed by atoms with Gasteiger partial charge in [0.25, 0.3) is 0 Å². The van der Waals surface area contributed by atoms with Gasteiger partial charge >= 0.3 is 24.3 Å². The first-order chi connectivity index (χ1) is 18.8. The van der Waals surface area contributed by atoms with E-state index in [-0.39, 0.29) is 10.9 Å². The van der Waals surface area contributed by atoms with Crippen molar-refractivity contribution in [1.82, 2.24) is 14.2 Å². The fourth-order valence-electron chi connectivity index (χ4n) is 3.96. The summed E-state index contributed by atoms with van der Waals surface area (Å²) in [5, 5.41) is 14.2. The minimum Gasteiger partial charge on any atom is -0.483 e. The number of alkyl halides is 6. The zero-order valence-electron chi connectivity index (χ0n) is 21.7. The van der Waals surface area contributed by atoms with Crippen LogP contribution in [-0.2, 0) is 26.2 Å². The monoisotopic (exact) mass is 615 g/mol. The summed E-state index contributed by atoms with van der Waals surface area (Å²) in [4.78, 5) is 24.8. The van der Waals surface area contributed by atoms with Crippen molar-refractivity contribution in [2.45, 2.75) is 55.7 Å². The van der Waals surface area contributed by atoms with Crippen molar-refractivity contribution in [3.8, 4) is 5.75 Å². The highest BCUT2D eigenvalue weighted by molar-refractivity contribution is 7.89. The molecule has 1 aromatic heterocycles. The Labute approximate surface area is 231 Å². The predicted octanol–water partition coefficient (Wildman–Crippen LogP) is 3.78. The number of aromatic nitrogens is 1. The molecule has 0 bridgehead atoms. The van der Waals surface area contributed by atoms with Crippen LogP contribution in [0.3, 0.4) is 0 Å². The smallest absolute Gasteiger partial charge is 0.483 e. The number of ether oxygens (including phenoxy) is 1. The van der Waals surface area contributed by atoms with E-state index in [9.17, 15) is 34.8 Å². The van der Waals surface area contributed by atoms with Crippen LogP contribution in [-0.4, -0.2) is 88.4 Å². The van der Waals surface area contributed by atoms with Gasteiger partial charge in [-0.1, -0.05) is 18.2 Å². The van der Waals surface area contributed by atoms with Crippen molar-refractivity contribution in [2.75, 3.05) is 19.6 Å². The summed E-state index contributed by atoms with van der Waals surface area (Å²) < 4.78 is 97.9. The summed E-state index contributed by atoms with van der Waals surface area (Å²) in [5.74, 6) is -5.06. The van der Waals surface area contributed by atoms with Gasteiger partial charge in [-0.3, -0.25) is 9.88 Å². The standard InChI is InChI=1S/C20H25N3O3S.2C2HF3O2/c1-16(2)23-15-20(26-18-8-3-4-9-19(18)27(23,24)25)10-12-22(14-20)13-17-7-5-6-11-21-17;2*3-2(4,5)1(6)7/h3-9,11,16H,10,12-15H2,1-2H3;2*(H,6,7). The third kappa shape index (κ3) is 9.29. The molecule has 0 saturated carbocycles. The Balaban J connectivity index is 0.000000349. The number of fused-ring (bicyclic) bond motifs is 1. The van der Waals surface area contributed by atoms with E-state index in [1.54, 1.807) is 28.7 Å². The van der Waals surface area contributed by atoms with E-state index >= 15 is 0 Å². The molecule has 1 saturated heterocycles. The van der Waals surface area contributed by atoms with Crippen molar-refractivity contribution in [1.29, 1.82) is 0 Å². The molecule has 0 aliphatic carbocycles. The van der Waals surface area contributed by atoms with E-state index in [0.717, 1.165) is 25.2 Å².